The number of aliphatic imine (C=N–C) groups is 1. The lowest BCUT2D eigenvalue weighted by Crippen LogP contribution is -2.38. The van der Waals surface area contributed by atoms with Crippen molar-refractivity contribution in [1.82, 2.24) is 15.3 Å². The zero-order valence-electron chi connectivity index (χ0n) is 13.2. The zero-order valence-corrected chi connectivity index (χ0v) is 14.0. The van der Waals surface area contributed by atoms with Gasteiger partial charge in [-0.2, -0.15) is 0 Å². The number of nitrogens with one attached hydrogen (secondary N) is 2. The van der Waals surface area contributed by atoms with Crippen molar-refractivity contribution in [2.75, 3.05) is 12.4 Å². The monoisotopic (exact) mass is 335 g/mol. The molecule has 0 spiro atoms. The minimum atomic E-state index is -0.0422. The largest absolute Gasteiger partial charge is 0.352 e. The summed E-state index contributed by atoms with van der Waals surface area (Å²) in [6, 6.07) is 12.1. The molecule has 1 aliphatic rings. The van der Waals surface area contributed by atoms with E-state index in [4.69, 9.17) is 4.99 Å². The lowest BCUT2D eigenvalue weighted by Gasteiger charge is -2.23. The summed E-state index contributed by atoms with van der Waals surface area (Å²) in [5, 5.41) is 8.91. The predicted molar refractivity (Wildman–Crippen MR) is 97.6 cm³/mol. The molecule has 0 bridgehead atoms. The second kappa shape index (κ2) is 6.51. The molecule has 2 unspecified atom stereocenters. The Labute approximate surface area is 144 Å². The van der Waals surface area contributed by atoms with Crippen LogP contribution >= 0.6 is 11.3 Å². The Morgan fingerprint density at radius 1 is 1.12 bits per heavy atom. The van der Waals surface area contributed by atoms with Gasteiger partial charge in [0, 0.05) is 34.6 Å². The Balaban J connectivity index is 1.91. The maximum absolute atomic E-state index is 5.10. The van der Waals surface area contributed by atoms with Crippen LogP contribution in [0.15, 0.2) is 65.4 Å². The van der Waals surface area contributed by atoms with Crippen molar-refractivity contribution in [3.8, 4) is 0 Å². The number of hydrogen-bond donors (Lipinski definition) is 2. The molecule has 0 fully saturated rings. The third kappa shape index (κ3) is 2.70. The number of fused-ring (bicyclic) bond motifs is 1. The van der Waals surface area contributed by atoms with Gasteiger partial charge >= 0.3 is 0 Å². The van der Waals surface area contributed by atoms with Gasteiger partial charge in [-0.3, -0.25) is 15.3 Å². The zero-order chi connectivity index (χ0) is 16.4. The molecule has 4 rings (SSSR count). The minimum Gasteiger partial charge on any atom is -0.352 e. The Kier molecular flexibility index (Phi) is 4.06. The fraction of sp³-hybridized carbons (Fsp3) is 0.167. The van der Waals surface area contributed by atoms with E-state index >= 15 is 0 Å². The first kappa shape index (κ1) is 15.0. The van der Waals surface area contributed by atoms with Crippen molar-refractivity contribution in [1.29, 1.82) is 0 Å². The van der Waals surface area contributed by atoms with Crippen molar-refractivity contribution in [3.05, 3.63) is 76.4 Å². The van der Waals surface area contributed by atoms with Gasteiger partial charge in [0.15, 0.2) is 0 Å². The minimum absolute atomic E-state index is 0.0357. The van der Waals surface area contributed by atoms with Gasteiger partial charge in [-0.15, -0.1) is 11.3 Å². The summed E-state index contributed by atoms with van der Waals surface area (Å²) < 4.78 is 0. The fourth-order valence-corrected chi connectivity index (χ4v) is 3.67. The molecular formula is C18H17N5S. The van der Waals surface area contributed by atoms with Crippen LogP contribution in [0.25, 0.3) is 0 Å². The second-order valence-corrected chi connectivity index (χ2v) is 6.47. The molecule has 0 aliphatic carbocycles. The fourth-order valence-electron chi connectivity index (χ4n) is 2.87. The number of aromatic nitrogens is 2. The molecular weight excluding hydrogens is 318 g/mol. The number of anilines is 1. The van der Waals surface area contributed by atoms with Gasteiger partial charge in [0.2, 0.25) is 0 Å². The van der Waals surface area contributed by atoms with Crippen molar-refractivity contribution < 1.29 is 0 Å². The standard InChI is InChI=1S/C18H17N5S/c1-19-18-16(14-7-4-10-24-14)22-15(12-5-2-8-20-11-12)13-6-3-9-21-17(13)23-18/h2-11,16,18-19H,1H3,(H,21,23). The lowest BCUT2D eigenvalue weighted by molar-refractivity contribution is 0.529. The predicted octanol–water partition coefficient (Wildman–Crippen LogP) is 3.09. The van der Waals surface area contributed by atoms with Gasteiger partial charge in [0.05, 0.1) is 5.71 Å². The average Bonchev–Trinajstić information content (AvgIpc) is 3.11. The third-order valence-corrected chi connectivity index (χ3v) is 4.96. The van der Waals surface area contributed by atoms with Crippen molar-refractivity contribution in [2.24, 2.45) is 4.99 Å². The second-order valence-electron chi connectivity index (χ2n) is 5.49. The highest BCUT2D eigenvalue weighted by molar-refractivity contribution is 7.10. The number of pyridine rings is 2. The highest BCUT2D eigenvalue weighted by Gasteiger charge is 2.28. The molecule has 0 saturated carbocycles. The Hall–Kier alpha value is -2.57. The first-order valence-corrected chi connectivity index (χ1v) is 8.65. The molecule has 0 saturated heterocycles. The van der Waals surface area contributed by atoms with Gasteiger partial charge < -0.3 is 5.32 Å². The number of hydrogen-bond acceptors (Lipinski definition) is 6. The van der Waals surface area contributed by atoms with E-state index in [9.17, 15) is 0 Å². The maximum atomic E-state index is 5.10. The van der Waals surface area contributed by atoms with E-state index in [2.05, 4.69) is 38.1 Å². The first-order chi connectivity index (χ1) is 11.9. The Morgan fingerprint density at radius 3 is 2.79 bits per heavy atom. The molecule has 5 nitrogen and oxygen atoms in total. The summed E-state index contributed by atoms with van der Waals surface area (Å²) in [6.07, 6.45) is 5.38. The van der Waals surface area contributed by atoms with E-state index in [0.29, 0.717) is 0 Å². The van der Waals surface area contributed by atoms with Crippen LogP contribution in [-0.2, 0) is 0 Å². The molecule has 4 heterocycles. The maximum Gasteiger partial charge on any atom is 0.136 e. The molecule has 120 valence electrons. The van der Waals surface area contributed by atoms with E-state index in [1.165, 1.54) is 4.88 Å². The van der Waals surface area contributed by atoms with Crippen LogP contribution < -0.4 is 10.6 Å². The molecule has 6 heteroatoms. The van der Waals surface area contributed by atoms with Gasteiger partial charge in [-0.1, -0.05) is 6.07 Å². The highest BCUT2D eigenvalue weighted by atomic mass is 32.1. The van der Waals surface area contributed by atoms with Crippen LogP contribution in [0.4, 0.5) is 5.82 Å². The van der Waals surface area contributed by atoms with Crippen LogP contribution in [0.3, 0.4) is 0 Å². The van der Waals surface area contributed by atoms with Gasteiger partial charge in [0.1, 0.15) is 18.0 Å². The number of rotatable bonds is 3. The summed E-state index contributed by atoms with van der Waals surface area (Å²) in [7, 11) is 1.94. The highest BCUT2D eigenvalue weighted by Crippen LogP contribution is 2.32. The van der Waals surface area contributed by atoms with Crippen molar-refractivity contribution in [2.45, 2.75) is 12.2 Å². The Bertz CT molecular complexity index is 845. The summed E-state index contributed by atoms with van der Waals surface area (Å²) in [4.78, 5) is 15.1. The summed E-state index contributed by atoms with van der Waals surface area (Å²) >= 11 is 1.71. The summed E-state index contributed by atoms with van der Waals surface area (Å²) in [6.45, 7) is 0. The molecule has 3 aromatic heterocycles. The van der Waals surface area contributed by atoms with Crippen LogP contribution in [0, 0.1) is 0 Å². The topological polar surface area (TPSA) is 62.2 Å². The van der Waals surface area contributed by atoms with Crippen LogP contribution in [0.1, 0.15) is 22.0 Å². The molecule has 1 aliphatic heterocycles. The van der Waals surface area contributed by atoms with Crippen molar-refractivity contribution >= 4 is 22.9 Å². The SMILES string of the molecule is CNC1Nc2ncccc2C(c2cccnc2)=NC1c1cccs1. The number of thiophene rings is 1. The molecule has 24 heavy (non-hydrogen) atoms. The van der Waals surface area contributed by atoms with E-state index in [-0.39, 0.29) is 12.2 Å². The van der Waals surface area contributed by atoms with Gasteiger partial charge in [0.25, 0.3) is 0 Å². The molecule has 0 amide bonds. The van der Waals surface area contributed by atoms with Crippen molar-refractivity contribution in [3.63, 3.8) is 0 Å². The molecule has 0 aromatic carbocycles. The molecule has 0 radical (unpaired) electrons. The molecule has 3 aromatic rings. The summed E-state index contributed by atoms with van der Waals surface area (Å²) in [5.74, 6) is 0.832. The quantitative estimate of drug-likeness (QED) is 0.772. The first-order valence-electron chi connectivity index (χ1n) is 7.77. The third-order valence-electron chi connectivity index (χ3n) is 4.02. The Morgan fingerprint density at radius 2 is 2.04 bits per heavy atom. The van der Waals surface area contributed by atoms with E-state index in [0.717, 1.165) is 22.7 Å². The van der Waals surface area contributed by atoms with Gasteiger partial charge in [-0.25, -0.2) is 4.98 Å². The van der Waals surface area contributed by atoms with E-state index < -0.39 is 0 Å². The van der Waals surface area contributed by atoms with E-state index in [1.807, 2.05) is 37.5 Å². The normalized spacial score (nSPS) is 19.8. The molecule has 2 atom stereocenters. The van der Waals surface area contributed by atoms with Crippen LogP contribution in [-0.4, -0.2) is 28.9 Å². The number of nitrogens with zero attached hydrogens (tertiary/aromatic N) is 3. The van der Waals surface area contributed by atoms with Crippen LogP contribution in [0.2, 0.25) is 0 Å². The number of likely N-dealkylation sites (N-methyl/N-ethyl adjacent to an activating group) is 1. The lowest BCUT2D eigenvalue weighted by atomic mass is 10.0. The average molecular weight is 335 g/mol. The molecule has 2 N–H and O–H groups in total. The van der Waals surface area contributed by atoms with E-state index in [1.54, 1.807) is 23.7 Å². The summed E-state index contributed by atoms with van der Waals surface area (Å²) in [5.41, 5.74) is 2.89. The smallest absolute Gasteiger partial charge is 0.136 e. The van der Waals surface area contributed by atoms with Gasteiger partial charge in [-0.05, 0) is 42.8 Å². The van der Waals surface area contributed by atoms with Crippen LogP contribution in [0.5, 0.6) is 0 Å².